The molecule has 1 aromatic heterocycles. The lowest BCUT2D eigenvalue weighted by atomic mass is 9.83. The highest BCUT2D eigenvalue weighted by molar-refractivity contribution is 5.91. The van der Waals surface area contributed by atoms with Gasteiger partial charge in [0.25, 0.3) is 0 Å². The van der Waals surface area contributed by atoms with Crippen molar-refractivity contribution in [3.8, 4) is 0 Å². The zero-order chi connectivity index (χ0) is 14.5. The van der Waals surface area contributed by atoms with Gasteiger partial charge in [0.05, 0.1) is 18.2 Å². The quantitative estimate of drug-likeness (QED) is 0.662. The molecular weight excluding hydrogens is 264 g/mol. The number of hydrogen-bond donors (Lipinski definition) is 2. The van der Waals surface area contributed by atoms with Crippen molar-refractivity contribution in [2.24, 2.45) is 10.7 Å². The van der Waals surface area contributed by atoms with Crippen molar-refractivity contribution in [3.05, 3.63) is 24.4 Å². The number of nitrogens with one attached hydrogen (secondary N) is 1. The lowest BCUT2D eigenvalue weighted by Crippen LogP contribution is -2.32. The van der Waals surface area contributed by atoms with E-state index in [1.54, 1.807) is 6.20 Å². The Morgan fingerprint density at radius 1 is 1.33 bits per heavy atom. The number of aromatic nitrogens is 1. The monoisotopic (exact) mass is 288 g/mol. The minimum absolute atomic E-state index is 0.154. The van der Waals surface area contributed by atoms with Crippen LogP contribution in [0.15, 0.2) is 29.4 Å². The number of ether oxygens (including phenoxy) is 1. The van der Waals surface area contributed by atoms with E-state index in [9.17, 15) is 0 Å². The van der Waals surface area contributed by atoms with Crippen molar-refractivity contribution in [1.82, 2.24) is 4.98 Å². The summed E-state index contributed by atoms with van der Waals surface area (Å²) in [7, 11) is 0. The number of nitrogens with two attached hydrogens (primary N) is 1. The van der Waals surface area contributed by atoms with Crippen LogP contribution in [0.25, 0.3) is 0 Å². The first-order valence-corrected chi connectivity index (χ1v) is 7.92. The molecule has 1 aliphatic heterocycles. The number of pyridine rings is 1. The maximum absolute atomic E-state index is 6.28. The fraction of sp³-hybridized carbons (Fsp3) is 0.625. The Labute approximate surface area is 126 Å². The van der Waals surface area contributed by atoms with Gasteiger partial charge in [-0.3, -0.25) is 4.99 Å². The minimum atomic E-state index is 0.154. The van der Waals surface area contributed by atoms with Crippen LogP contribution >= 0.6 is 0 Å². The van der Waals surface area contributed by atoms with Gasteiger partial charge in [-0.05, 0) is 37.8 Å². The number of rotatable bonds is 3. The fourth-order valence-corrected chi connectivity index (χ4v) is 3.40. The molecule has 1 saturated carbocycles. The summed E-state index contributed by atoms with van der Waals surface area (Å²) < 4.78 is 6.28. The van der Waals surface area contributed by atoms with Crippen molar-refractivity contribution in [2.45, 2.75) is 56.7 Å². The molecule has 3 rings (SSSR count). The van der Waals surface area contributed by atoms with E-state index in [0.29, 0.717) is 12.5 Å². The van der Waals surface area contributed by atoms with E-state index in [1.165, 1.54) is 38.5 Å². The zero-order valence-corrected chi connectivity index (χ0v) is 12.4. The first kappa shape index (κ1) is 14.3. The van der Waals surface area contributed by atoms with Gasteiger partial charge < -0.3 is 15.8 Å². The molecule has 2 heterocycles. The van der Waals surface area contributed by atoms with E-state index in [2.05, 4.69) is 15.3 Å². The molecule has 0 radical (unpaired) electrons. The highest BCUT2D eigenvalue weighted by atomic mass is 16.5. The maximum atomic E-state index is 6.28. The van der Waals surface area contributed by atoms with Gasteiger partial charge in [0.2, 0.25) is 0 Å². The minimum Gasteiger partial charge on any atom is -0.370 e. The topological polar surface area (TPSA) is 72.5 Å². The molecule has 2 aliphatic rings. The Morgan fingerprint density at radius 2 is 2.19 bits per heavy atom. The summed E-state index contributed by atoms with van der Waals surface area (Å²) in [5, 5.41) is 3.00. The van der Waals surface area contributed by atoms with Crippen LogP contribution in [0.3, 0.4) is 0 Å². The van der Waals surface area contributed by atoms with Gasteiger partial charge in [0, 0.05) is 6.20 Å². The molecule has 1 atom stereocenters. The second-order valence-electron chi connectivity index (χ2n) is 6.09. The van der Waals surface area contributed by atoms with Crippen LogP contribution in [0.4, 0.5) is 5.82 Å². The first-order chi connectivity index (χ1) is 10.3. The standard InChI is InChI=1S/C16H24N4O/c17-15(20-14-6-2-5-11-18-14)19-12-13-7-10-16(21-13)8-3-1-4-9-16/h2,5-6,11,13H,1,3-4,7-10,12H2,(H3,17,18,19,20). The molecule has 1 unspecified atom stereocenters. The van der Waals surface area contributed by atoms with Crippen LogP contribution in [0.2, 0.25) is 0 Å². The second kappa shape index (κ2) is 6.43. The number of hydrogen-bond acceptors (Lipinski definition) is 3. The van der Waals surface area contributed by atoms with Crippen molar-refractivity contribution in [2.75, 3.05) is 11.9 Å². The molecule has 1 aliphatic carbocycles. The molecule has 114 valence electrons. The summed E-state index contributed by atoms with van der Waals surface area (Å²) in [6.07, 6.45) is 10.6. The van der Waals surface area contributed by atoms with Gasteiger partial charge in [-0.15, -0.1) is 0 Å². The van der Waals surface area contributed by atoms with Crippen LogP contribution in [-0.4, -0.2) is 29.2 Å². The first-order valence-electron chi connectivity index (χ1n) is 7.92. The van der Waals surface area contributed by atoms with Crippen LogP contribution in [0.1, 0.15) is 44.9 Å². The number of guanidine groups is 1. The molecule has 21 heavy (non-hydrogen) atoms. The third-order valence-corrected chi connectivity index (χ3v) is 4.49. The molecule has 0 bridgehead atoms. The summed E-state index contributed by atoms with van der Waals surface area (Å²) in [4.78, 5) is 8.56. The van der Waals surface area contributed by atoms with Crippen LogP contribution in [-0.2, 0) is 4.74 Å². The van der Waals surface area contributed by atoms with Gasteiger partial charge in [0.15, 0.2) is 5.96 Å². The Kier molecular flexibility index (Phi) is 4.39. The Morgan fingerprint density at radius 3 is 2.95 bits per heavy atom. The van der Waals surface area contributed by atoms with Gasteiger partial charge in [0.1, 0.15) is 5.82 Å². The molecule has 5 nitrogen and oxygen atoms in total. The smallest absolute Gasteiger partial charge is 0.194 e. The second-order valence-corrected chi connectivity index (χ2v) is 6.09. The lowest BCUT2D eigenvalue weighted by molar-refractivity contribution is -0.0598. The molecule has 1 aromatic rings. The van der Waals surface area contributed by atoms with Gasteiger partial charge in [-0.2, -0.15) is 0 Å². The van der Waals surface area contributed by atoms with E-state index in [4.69, 9.17) is 10.5 Å². The van der Waals surface area contributed by atoms with Gasteiger partial charge in [-0.25, -0.2) is 4.98 Å². The third-order valence-electron chi connectivity index (χ3n) is 4.49. The molecule has 2 fully saturated rings. The lowest BCUT2D eigenvalue weighted by Gasteiger charge is -2.33. The largest absolute Gasteiger partial charge is 0.370 e. The Bertz CT molecular complexity index is 482. The van der Waals surface area contributed by atoms with Crippen molar-refractivity contribution in [1.29, 1.82) is 0 Å². The normalized spacial score (nSPS) is 25.1. The third kappa shape index (κ3) is 3.73. The van der Waals surface area contributed by atoms with Crippen LogP contribution in [0.5, 0.6) is 0 Å². The van der Waals surface area contributed by atoms with E-state index in [0.717, 1.165) is 12.2 Å². The molecular formula is C16H24N4O. The maximum Gasteiger partial charge on any atom is 0.194 e. The average Bonchev–Trinajstić information content (AvgIpc) is 2.90. The number of anilines is 1. The average molecular weight is 288 g/mol. The van der Waals surface area contributed by atoms with Gasteiger partial charge in [-0.1, -0.05) is 25.3 Å². The molecule has 5 heteroatoms. The SMILES string of the molecule is NC(=NCC1CCC2(CCCCC2)O1)Nc1ccccn1. The summed E-state index contributed by atoms with van der Waals surface area (Å²) in [6, 6.07) is 5.65. The highest BCUT2D eigenvalue weighted by Crippen LogP contribution is 2.41. The Balaban J connectivity index is 1.50. The number of nitrogens with zero attached hydrogens (tertiary/aromatic N) is 2. The molecule has 0 aromatic carbocycles. The molecule has 3 N–H and O–H groups in total. The fourth-order valence-electron chi connectivity index (χ4n) is 3.40. The Hall–Kier alpha value is -1.62. The van der Waals surface area contributed by atoms with Crippen molar-refractivity contribution in [3.63, 3.8) is 0 Å². The highest BCUT2D eigenvalue weighted by Gasteiger charge is 2.40. The molecule has 1 saturated heterocycles. The molecule has 1 spiro atoms. The van der Waals surface area contributed by atoms with E-state index < -0.39 is 0 Å². The predicted molar refractivity (Wildman–Crippen MR) is 84.3 cm³/mol. The van der Waals surface area contributed by atoms with E-state index in [1.807, 2.05) is 18.2 Å². The van der Waals surface area contributed by atoms with E-state index in [-0.39, 0.29) is 11.7 Å². The summed E-state index contributed by atoms with van der Waals surface area (Å²) in [5.74, 6) is 1.12. The zero-order valence-electron chi connectivity index (χ0n) is 12.4. The predicted octanol–water partition coefficient (Wildman–Crippen LogP) is 2.69. The van der Waals surface area contributed by atoms with Crippen LogP contribution in [0, 0.1) is 0 Å². The van der Waals surface area contributed by atoms with Gasteiger partial charge >= 0.3 is 0 Å². The molecule has 0 amide bonds. The summed E-state index contributed by atoms with van der Waals surface area (Å²) in [5.41, 5.74) is 6.05. The number of aliphatic imine (C=N–C) groups is 1. The van der Waals surface area contributed by atoms with Crippen molar-refractivity contribution < 1.29 is 4.74 Å². The summed E-state index contributed by atoms with van der Waals surface area (Å²) in [6.45, 7) is 0.632. The van der Waals surface area contributed by atoms with Crippen molar-refractivity contribution >= 4 is 11.8 Å². The summed E-state index contributed by atoms with van der Waals surface area (Å²) >= 11 is 0. The van der Waals surface area contributed by atoms with Crippen LogP contribution < -0.4 is 11.1 Å². The van der Waals surface area contributed by atoms with E-state index >= 15 is 0 Å².